The van der Waals surface area contributed by atoms with Gasteiger partial charge in [0.25, 0.3) is 0 Å². The fourth-order valence-corrected chi connectivity index (χ4v) is 2.61. The predicted molar refractivity (Wildman–Crippen MR) is 68.1 cm³/mol. The second-order valence-electron chi connectivity index (χ2n) is 4.83. The van der Waals surface area contributed by atoms with Crippen LogP contribution in [0.3, 0.4) is 0 Å². The molecule has 0 unspecified atom stereocenters. The molecular formula is C14H21NO2. The number of aliphatic hydroxyl groups excluding tert-OH is 1. The van der Waals surface area contributed by atoms with E-state index in [1.54, 1.807) is 7.11 Å². The molecule has 0 aliphatic heterocycles. The van der Waals surface area contributed by atoms with Crippen molar-refractivity contribution in [2.24, 2.45) is 0 Å². The molecule has 0 aromatic heterocycles. The maximum atomic E-state index is 9.87. The normalized spacial score (nSPS) is 24.2. The monoisotopic (exact) mass is 235 g/mol. The molecule has 1 saturated carbocycles. The predicted octanol–water partition coefficient (Wildman–Crippen LogP) is 2.04. The lowest BCUT2D eigenvalue weighted by Crippen LogP contribution is -2.36. The molecule has 1 fully saturated rings. The van der Waals surface area contributed by atoms with Crippen molar-refractivity contribution >= 4 is 0 Å². The van der Waals surface area contributed by atoms with E-state index in [-0.39, 0.29) is 6.10 Å². The number of nitrogens with zero attached hydrogens (tertiary/aromatic N) is 1. The van der Waals surface area contributed by atoms with E-state index in [4.69, 9.17) is 4.74 Å². The highest BCUT2D eigenvalue weighted by molar-refractivity contribution is 5.28. The second-order valence-corrected chi connectivity index (χ2v) is 4.83. The van der Waals surface area contributed by atoms with Gasteiger partial charge in [-0.2, -0.15) is 0 Å². The highest BCUT2D eigenvalue weighted by Gasteiger charge is 2.28. The zero-order valence-corrected chi connectivity index (χ0v) is 10.6. The number of ether oxygens (including phenoxy) is 1. The van der Waals surface area contributed by atoms with E-state index in [1.165, 1.54) is 5.56 Å². The van der Waals surface area contributed by atoms with Gasteiger partial charge in [-0.25, -0.2) is 0 Å². The van der Waals surface area contributed by atoms with Crippen LogP contribution in [0.1, 0.15) is 24.8 Å². The summed E-state index contributed by atoms with van der Waals surface area (Å²) in [5.41, 5.74) is 1.23. The van der Waals surface area contributed by atoms with Crippen LogP contribution in [0, 0.1) is 0 Å². The minimum absolute atomic E-state index is 0.161. The minimum Gasteiger partial charge on any atom is -0.497 e. The lowest BCUT2D eigenvalue weighted by molar-refractivity contribution is 0.0825. The maximum Gasteiger partial charge on any atom is 0.119 e. The van der Waals surface area contributed by atoms with Gasteiger partial charge in [0.1, 0.15) is 5.75 Å². The highest BCUT2D eigenvalue weighted by atomic mass is 16.5. The largest absolute Gasteiger partial charge is 0.497 e. The Balaban J connectivity index is 1.99. The summed E-state index contributed by atoms with van der Waals surface area (Å²) in [4.78, 5) is 2.24. The fraction of sp³-hybridized carbons (Fsp3) is 0.571. The Morgan fingerprint density at radius 2 is 2.24 bits per heavy atom. The van der Waals surface area contributed by atoms with Crippen molar-refractivity contribution in [3.8, 4) is 5.75 Å². The average Bonchev–Trinajstić information content (AvgIpc) is 2.76. The summed E-state index contributed by atoms with van der Waals surface area (Å²) >= 11 is 0. The zero-order valence-electron chi connectivity index (χ0n) is 10.6. The SMILES string of the molecule is COc1cccc(CN(C)[C@H]2CCC[C@@H]2O)c1. The summed E-state index contributed by atoms with van der Waals surface area (Å²) in [5, 5.41) is 9.87. The smallest absolute Gasteiger partial charge is 0.119 e. The van der Waals surface area contributed by atoms with Gasteiger partial charge in [0, 0.05) is 12.6 Å². The first-order valence-corrected chi connectivity index (χ1v) is 6.22. The van der Waals surface area contributed by atoms with Crippen molar-refractivity contribution in [3.63, 3.8) is 0 Å². The topological polar surface area (TPSA) is 32.7 Å². The van der Waals surface area contributed by atoms with Crippen LogP contribution in [0.15, 0.2) is 24.3 Å². The molecule has 3 nitrogen and oxygen atoms in total. The number of methoxy groups -OCH3 is 1. The number of aliphatic hydroxyl groups is 1. The van der Waals surface area contributed by atoms with Gasteiger partial charge in [0.15, 0.2) is 0 Å². The molecule has 3 heteroatoms. The Morgan fingerprint density at radius 3 is 2.88 bits per heavy atom. The van der Waals surface area contributed by atoms with Crippen LogP contribution in [-0.2, 0) is 6.54 Å². The molecule has 0 bridgehead atoms. The van der Waals surface area contributed by atoms with Crippen LogP contribution < -0.4 is 4.74 Å². The standard InChI is InChI=1S/C14H21NO2/c1-15(13-7-4-8-14(13)16)10-11-5-3-6-12(9-11)17-2/h3,5-6,9,13-14,16H,4,7-8,10H2,1-2H3/t13-,14-/m0/s1. The van der Waals surface area contributed by atoms with Gasteiger partial charge in [-0.15, -0.1) is 0 Å². The molecule has 1 aliphatic carbocycles. The van der Waals surface area contributed by atoms with E-state index in [0.29, 0.717) is 6.04 Å². The molecule has 1 aromatic carbocycles. The quantitative estimate of drug-likeness (QED) is 0.867. The fourth-order valence-electron chi connectivity index (χ4n) is 2.61. The molecule has 1 aliphatic rings. The van der Waals surface area contributed by atoms with Crippen molar-refractivity contribution in [1.29, 1.82) is 0 Å². The van der Waals surface area contributed by atoms with E-state index in [1.807, 2.05) is 12.1 Å². The molecule has 17 heavy (non-hydrogen) atoms. The molecule has 2 rings (SSSR count). The molecule has 2 atom stereocenters. The van der Waals surface area contributed by atoms with Gasteiger partial charge in [0.2, 0.25) is 0 Å². The Morgan fingerprint density at radius 1 is 1.41 bits per heavy atom. The Bertz CT molecular complexity index is 367. The van der Waals surface area contributed by atoms with Crippen LogP contribution in [-0.4, -0.2) is 36.3 Å². The van der Waals surface area contributed by atoms with Crippen LogP contribution in [0.2, 0.25) is 0 Å². The van der Waals surface area contributed by atoms with E-state index < -0.39 is 0 Å². The third-order valence-corrected chi connectivity index (χ3v) is 3.58. The lowest BCUT2D eigenvalue weighted by Gasteiger charge is -2.27. The van der Waals surface area contributed by atoms with Gasteiger partial charge >= 0.3 is 0 Å². The van der Waals surface area contributed by atoms with E-state index >= 15 is 0 Å². The van der Waals surface area contributed by atoms with Gasteiger partial charge in [-0.05, 0) is 44.0 Å². The van der Waals surface area contributed by atoms with E-state index in [2.05, 4.69) is 24.1 Å². The molecule has 1 N–H and O–H groups in total. The Hall–Kier alpha value is -1.06. The number of hydrogen-bond acceptors (Lipinski definition) is 3. The lowest BCUT2D eigenvalue weighted by atomic mass is 10.1. The van der Waals surface area contributed by atoms with Crippen LogP contribution >= 0.6 is 0 Å². The first-order valence-electron chi connectivity index (χ1n) is 6.22. The first kappa shape index (κ1) is 12.4. The van der Waals surface area contributed by atoms with Crippen molar-refractivity contribution in [2.45, 2.75) is 38.0 Å². The number of likely N-dealkylation sites (N-methyl/N-ethyl adjacent to an activating group) is 1. The molecule has 0 spiro atoms. The van der Waals surface area contributed by atoms with Crippen LogP contribution in [0.4, 0.5) is 0 Å². The van der Waals surface area contributed by atoms with Gasteiger partial charge in [-0.1, -0.05) is 12.1 Å². The van der Waals surface area contributed by atoms with E-state index in [0.717, 1.165) is 31.6 Å². The van der Waals surface area contributed by atoms with Gasteiger partial charge < -0.3 is 9.84 Å². The highest BCUT2D eigenvalue weighted by Crippen LogP contribution is 2.25. The number of rotatable bonds is 4. The summed E-state index contributed by atoms with van der Waals surface area (Å²) in [6, 6.07) is 8.42. The number of benzene rings is 1. The Kier molecular flexibility index (Phi) is 4.02. The summed E-state index contributed by atoms with van der Waals surface area (Å²) in [6.45, 7) is 0.860. The van der Waals surface area contributed by atoms with Crippen molar-refractivity contribution in [1.82, 2.24) is 4.90 Å². The van der Waals surface area contributed by atoms with Gasteiger partial charge in [-0.3, -0.25) is 4.90 Å². The van der Waals surface area contributed by atoms with Crippen LogP contribution in [0.5, 0.6) is 5.75 Å². The molecule has 0 heterocycles. The average molecular weight is 235 g/mol. The number of hydrogen-bond donors (Lipinski definition) is 1. The summed E-state index contributed by atoms with van der Waals surface area (Å²) in [5.74, 6) is 0.892. The summed E-state index contributed by atoms with van der Waals surface area (Å²) in [6.07, 6.45) is 3.01. The molecule has 0 radical (unpaired) electrons. The molecule has 0 amide bonds. The van der Waals surface area contributed by atoms with Crippen molar-refractivity contribution < 1.29 is 9.84 Å². The molecular weight excluding hydrogens is 214 g/mol. The molecule has 0 saturated heterocycles. The van der Waals surface area contributed by atoms with Gasteiger partial charge in [0.05, 0.1) is 13.2 Å². The van der Waals surface area contributed by atoms with E-state index in [9.17, 15) is 5.11 Å². The summed E-state index contributed by atoms with van der Waals surface area (Å²) < 4.78 is 5.22. The van der Waals surface area contributed by atoms with Crippen molar-refractivity contribution in [3.05, 3.63) is 29.8 Å². The second kappa shape index (κ2) is 5.52. The zero-order chi connectivity index (χ0) is 12.3. The van der Waals surface area contributed by atoms with Crippen LogP contribution in [0.25, 0.3) is 0 Å². The minimum atomic E-state index is -0.161. The Labute approximate surface area is 103 Å². The maximum absolute atomic E-state index is 9.87. The molecule has 1 aromatic rings. The third-order valence-electron chi connectivity index (χ3n) is 3.58. The third kappa shape index (κ3) is 2.99. The summed E-state index contributed by atoms with van der Waals surface area (Å²) in [7, 11) is 3.77. The first-order chi connectivity index (χ1) is 8.20. The van der Waals surface area contributed by atoms with Crippen molar-refractivity contribution in [2.75, 3.05) is 14.2 Å². The molecule has 94 valence electrons.